The van der Waals surface area contributed by atoms with E-state index in [1.165, 1.54) is 34.3 Å². The number of fused-ring (bicyclic) bond motifs is 4. The Kier molecular flexibility index (Phi) is 7.58. The van der Waals surface area contributed by atoms with E-state index >= 15 is 8.78 Å². The Bertz CT molecular complexity index is 1910. The molecule has 236 valence electrons. The van der Waals surface area contributed by atoms with Crippen molar-refractivity contribution in [3.63, 3.8) is 0 Å². The maximum atomic E-state index is 16.3. The zero-order valence-corrected chi connectivity index (χ0v) is 25.6. The number of anilines is 2. The molecule has 6 heterocycles. The molecule has 4 aromatic heterocycles. The van der Waals surface area contributed by atoms with Gasteiger partial charge in [-0.15, -0.1) is 0 Å². The van der Waals surface area contributed by atoms with Gasteiger partial charge in [-0.05, 0) is 23.4 Å². The zero-order chi connectivity index (χ0) is 31.8. The summed E-state index contributed by atoms with van der Waals surface area (Å²) in [6, 6.07) is 0.397. The number of rotatable bonds is 2. The third-order valence-corrected chi connectivity index (χ3v) is 10.6. The van der Waals surface area contributed by atoms with E-state index in [9.17, 15) is 9.46 Å². The Balaban J connectivity index is 1.19. The first kappa shape index (κ1) is 30.7. The van der Waals surface area contributed by atoms with Crippen LogP contribution < -0.4 is 11.5 Å². The minimum absolute atomic E-state index is 0.0564. The van der Waals surface area contributed by atoms with E-state index in [4.69, 9.17) is 53.7 Å². The summed E-state index contributed by atoms with van der Waals surface area (Å²) < 4.78 is 76.4. The van der Waals surface area contributed by atoms with Gasteiger partial charge in [-0.1, -0.05) is 6.58 Å². The van der Waals surface area contributed by atoms with Gasteiger partial charge in [-0.25, -0.2) is 33.7 Å². The second kappa shape index (κ2) is 11.1. The summed E-state index contributed by atoms with van der Waals surface area (Å²) in [5, 5.41) is 0. The van der Waals surface area contributed by atoms with Crippen molar-refractivity contribution < 1.29 is 41.1 Å². The summed E-state index contributed by atoms with van der Waals surface area (Å²) >= 11 is 5.21. The van der Waals surface area contributed by atoms with E-state index in [0.717, 1.165) is 0 Å². The van der Waals surface area contributed by atoms with Crippen LogP contribution in [0.15, 0.2) is 43.4 Å². The quantitative estimate of drug-likeness (QED) is 0.157. The van der Waals surface area contributed by atoms with E-state index in [-0.39, 0.29) is 28.2 Å². The number of imidazole rings is 2. The average molecular weight is 681 g/mol. The van der Waals surface area contributed by atoms with E-state index in [1.54, 1.807) is 6.07 Å². The van der Waals surface area contributed by atoms with Crippen LogP contribution in [-0.4, -0.2) is 90.4 Å². The molecule has 7 rings (SSSR count). The Morgan fingerprint density at radius 3 is 2.53 bits per heavy atom. The van der Waals surface area contributed by atoms with E-state index in [0.29, 0.717) is 11.2 Å². The van der Waals surface area contributed by atoms with E-state index < -0.39 is 76.2 Å². The highest BCUT2D eigenvalue weighted by Crippen LogP contribution is 2.56. The SMILES string of the molecule is [B]P1(=O)OC[C@H]2O[C@@H](n3cnc4c(N)ncnc43)C(F)[C@H]2OP(O)(=S)OC[C@H]2C(=C)[C@@H](n3cnc4c(N)ccnc43)[C@@H](F)C2O1. The molecular weight excluding hydrogens is 657 g/mol. The lowest BCUT2D eigenvalue weighted by atomic mass is 10.0. The molecule has 45 heavy (non-hydrogen) atoms. The van der Waals surface area contributed by atoms with Gasteiger partial charge in [0.05, 0.1) is 37.6 Å². The fourth-order valence-corrected chi connectivity index (χ4v) is 8.30. The van der Waals surface area contributed by atoms with Gasteiger partial charge in [-0.3, -0.25) is 13.7 Å². The van der Waals surface area contributed by atoms with Gasteiger partial charge in [0, 0.05) is 12.1 Å². The second-order valence-corrected chi connectivity index (χ2v) is 15.0. The van der Waals surface area contributed by atoms with Gasteiger partial charge in [0.25, 0.3) is 7.47 Å². The van der Waals surface area contributed by atoms with Crippen LogP contribution in [0.4, 0.5) is 20.3 Å². The predicted octanol–water partition coefficient (Wildman–Crippen LogP) is 2.05. The third kappa shape index (κ3) is 5.27. The molecule has 3 fully saturated rings. The third-order valence-electron chi connectivity index (χ3n) is 7.95. The van der Waals surface area contributed by atoms with Gasteiger partial charge in [0.1, 0.15) is 35.7 Å². The van der Waals surface area contributed by atoms with Gasteiger partial charge in [-0.2, -0.15) is 0 Å². The monoisotopic (exact) mass is 681 g/mol. The number of halogens is 2. The minimum atomic E-state index is -4.55. The fourth-order valence-electron chi connectivity index (χ4n) is 5.83. The predicted molar refractivity (Wildman–Crippen MR) is 159 cm³/mol. The number of hydrogen-bond acceptors (Lipinski definition) is 14. The van der Waals surface area contributed by atoms with Crippen molar-refractivity contribution in [2.45, 2.75) is 42.9 Å². The summed E-state index contributed by atoms with van der Waals surface area (Å²) in [4.78, 5) is 31.6. The maximum absolute atomic E-state index is 16.3. The van der Waals surface area contributed by atoms with Crippen molar-refractivity contribution in [1.29, 1.82) is 0 Å². The number of ether oxygens (including phenoxy) is 1. The molecule has 1 saturated carbocycles. The van der Waals surface area contributed by atoms with Crippen molar-refractivity contribution in [2.75, 3.05) is 24.7 Å². The van der Waals surface area contributed by atoms with Crippen LogP contribution in [0.2, 0.25) is 0 Å². The van der Waals surface area contributed by atoms with E-state index in [1.807, 2.05) is 0 Å². The Hall–Kier alpha value is -2.93. The fraction of sp³-hybridized carbons (Fsp3) is 0.435. The molecule has 2 saturated heterocycles. The highest BCUT2D eigenvalue weighted by molar-refractivity contribution is 8.07. The maximum Gasteiger partial charge on any atom is 0.325 e. The number of nitrogens with zero attached hydrogens (tertiary/aromatic N) is 7. The van der Waals surface area contributed by atoms with Crippen LogP contribution in [-0.2, 0) is 39.2 Å². The average Bonchev–Trinajstić information content (AvgIpc) is 3.72. The molecule has 5 N–H and O–H groups in total. The number of alkyl halides is 2. The molecule has 4 unspecified atom stereocenters. The number of aromatic nitrogens is 7. The van der Waals surface area contributed by atoms with Crippen LogP contribution in [0.5, 0.6) is 0 Å². The molecule has 1 aliphatic carbocycles. The smallest absolute Gasteiger partial charge is 0.325 e. The van der Waals surface area contributed by atoms with Gasteiger partial charge >= 0.3 is 6.72 Å². The molecule has 22 heteroatoms. The zero-order valence-electron chi connectivity index (χ0n) is 22.9. The summed E-state index contributed by atoms with van der Waals surface area (Å²) in [5.74, 6) is -1.02. The van der Waals surface area contributed by atoms with Crippen molar-refractivity contribution in [3.8, 4) is 0 Å². The molecule has 0 aromatic carbocycles. The van der Waals surface area contributed by atoms with Crippen molar-refractivity contribution in [2.24, 2.45) is 5.92 Å². The van der Waals surface area contributed by atoms with Crippen LogP contribution in [0.3, 0.4) is 0 Å². The molecule has 0 bridgehead atoms. The molecule has 10 atom stereocenters. The van der Waals surface area contributed by atoms with Gasteiger partial charge in [0.2, 0.25) is 7.57 Å². The summed E-state index contributed by atoms with van der Waals surface area (Å²) in [7, 11) is 1.36. The second-order valence-electron chi connectivity index (χ2n) is 10.6. The number of nitrogen functional groups attached to an aromatic ring is 2. The number of pyridine rings is 1. The molecule has 4 aromatic rings. The highest BCUT2D eigenvalue weighted by Gasteiger charge is 2.54. The first-order valence-electron chi connectivity index (χ1n) is 13.3. The number of nitrogens with two attached hydrogens (primary N) is 2. The normalized spacial score (nSPS) is 37.7. The van der Waals surface area contributed by atoms with Gasteiger partial charge in [0.15, 0.2) is 35.7 Å². The Labute approximate surface area is 259 Å². The van der Waals surface area contributed by atoms with Gasteiger partial charge < -0.3 is 39.2 Å². The van der Waals surface area contributed by atoms with Crippen LogP contribution in [0.1, 0.15) is 12.3 Å². The minimum Gasteiger partial charge on any atom is -0.397 e. The van der Waals surface area contributed by atoms with Crippen molar-refractivity contribution in [1.82, 2.24) is 34.1 Å². The molecule has 3 aliphatic rings. The van der Waals surface area contributed by atoms with Crippen LogP contribution in [0, 0.1) is 5.92 Å². The molecule has 0 amide bonds. The largest absolute Gasteiger partial charge is 0.397 e. The lowest BCUT2D eigenvalue weighted by Gasteiger charge is -2.30. The highest BCUT2D eigenvalue weighted by atomic mass is 32.5. The van der Waals surface area contributed by atoms with Crippen LogP contribution in [0.25, 0.3) is 22.3 Å². The molecule has 16 nitrogen and oxygen atoms in total. The standard InChI is InChI=1S/C23H24BF2N9O7P2S/c1-9-10-4-39-44(37,45)42-19-12(40-23(14(19)26)35-8-33-16-20(28)30-6-31-22(16)35)5-38-43(24,36)41-18(10)13(25)17(9)34-7-32-15-11(27)2-3-29-21(15)34/h2-3,6-8,10,12-14,17-19,23H,1,4-5H2,(H2,27,29)(H,37,45)(H2,28,30,31)/t10-,12+,13+,14?,17+,18?,19-,23+,43?,44?/m0/s1. The summed E-state index contributed by atoms with van der Waals surface area (Å²) in [6.45, 7) is -1.40. The van der Waals surface area contributed by atoms with E-state index in [2.05, 4.69) is 31.5 Å². The Morgan fingerprint density at radius 1 is 1.00 bits per heavy atom. The molecular formula is C23H24BF2N9O7P2S. The van der Waals surface area contributed by atoms with Crippen LogP contribution >= 0.6 is 14.2 Å². The molecule has 0 spiro atoms. The lowest BCUT2D eigenvalue weighted by Crippen LogP contribution is -2.36. The van der Waals surface area contributed by atoms with Crippen molar-refractivity contribution >= 4 is 67.4 Å². The van der Waals surface area contributed by atoms with Crippen molar-refractivity contribution in [3.05, 3.63) is 43.4 Å². The lowest BCUT2D eigenvalue weighted by molar-refractivity contribution is -0.0460. The first-order chi connectivity index (χ1) is 21.3. The first-order valence-corrected chi connectivity index (χ1v) is 17.5. The molecule has 2 radical (unpaired) electrons. The Morgan fingerprint density at radius 2 is 1.73 bits per heavy atom. The summed E-state index contributed by atoms with van der Waals surface area (Å²) in [5.41, 5.74) is 13.3. The summed E-state index contributed by atoms with van der Waals surface area (Å²) in [6.07, 6.45) is -4.67. The molecule has 2 aliphatic heterocycles. The topological polar surface area (TPSA) is 210 Å². The number of hydrogen-bond donors (Lipinski definition) is 3.